The first-order valence-corrected chi connectivity index (χ1v) is 12.9. The zero-order valence-electron chi connectivity index (χ0n) is 22.5. The lowest BCUT2D eigenvalue weighted by Gasteiger charge is -2.32. The normalized spacial score (nSPS) is 11.5. The number of para-hydroxylation sites is 1. The van der Waals surface area contributed by atoms with Gasteiger partial charge in [-0.05, 0) is 53.7 Å². The van der Waals surface area contributed by atoms with Crippen LogP contribution in [-0.4, -0.2) is 50.0 Å². The zero-order valence-corrected chi connectivity index (χ0v) is 23.3. The SMILES string of the molecule is COc1cc([C@H](C(=O)NCCC(C)C)N(C(=O)c2snc(C(N)=O)c2N)c2ccccc2)cc(OC)c1OC. The van der Waals surface area contributed by atoms with Crippen LogP contribution < -0.4 is 35.9 Å². The van der Waals surface area contributed by atoms with Crippen molar-refractivity contribution in [3.8, 4) is 17.2 Å². The third-order valence-electron chi connectivity index (χ3n) is 5.94. The first-order valence-electron chi connectivity index (χ1n) is 12.2. The molecule has 0 aliphatic carbocycles. The molecule has 0 bridgehead atoms. The highest BCUT2D eigenvalue weighted by molar-refractivity contribution is 7.09. The van der Waals surface area contributed by atoms with E-state index < -0.39 is 23.8 Å². The van der Waals surface area contributed by atoms with E-state index in [2.05, 4.69) is 9.69 Å². The van der Waals surface area contributed by atoms with Crippen LogP contribution in [0.2, 0.25) is 0 Å². The molecule has 0 unspecified atom stereocenters. The van der Waals surface area contributed by atoms with Crippen molar-refractivity contribution >= 4 is 40.6 Å². The maximum absolute atomic E-state index is 14.1. The van der Waals surface area contributed by atoms with Gasteiger partial charge in [-0.1, -0.05) is 32.0 Å². The number of ether oxygens (including phenoxy) is 3. The van der Waals surface area contributed by atoms with E-state index in [0.29, 0.717) is 41.0 Å². The summed E-state index contributed by atoms with van der Waals surface area (Å²) in [6.07, 6.45) is 0.733. The van der Waals surface area contributed by atoms with Gasteiger partial charge < -0.3 is 31.0 Å². The highest BCUT2D eigenvalue weighted by Crippen LogP contribution is 2.42. The number of amides is 3. The highest BCUT2D eigenvalue weighted by atomic mass is 32.1. The first kappa shape index (κ1) is 29.2. The topological polar surface area (TPSA) is 159 Å². The van der Waals surface area contributed by atoms with Crippen LogP contribution >= 0.6 is 11.5 Å². The fourth-order valence-electron chi connectivity index (χ4n) is 3.97. The Labute approximate surface area is 231 Å². The second-order valence-corrected chi connectivity index (χ2v) is 9.76. The molecule has 0 saturated carbocycles. The third kappa shape index (κ3) is 6.40. The zero-order chi connectivity index (χ0) is 28.7. The van der Waals surface area contributed by atoms with Crippen molar-refractivity contribution in [1.29, 1.82) is 0 Å². The molecule has 0 aliphatic rings. The molecule has 39 heavy (non-hydrogen) atoms. The Morgan fingerprint density at radius 1 is 1.03 bits per heavy atom. The van der Waals surface area contributed by atoms with E-state index in [1.165, 1.54) is 26.2 Å². The molecule has 0 aliphatic heterocycles. The van der Waals surface area contributed by atoms with Gasteiger partial charge in [0.15, 0.2) is 17.2 Å². The summed E-state index contributed by atoms with van der Waals surface area (Å²) in [5, 5.41) is 2.95. The molecule has 3 aromatic rings. The number of benzene rings is 2. The van der Waals surface area contributed by atoms with Crippen LogP contribution in [-0.2, 0) is 4.79 Å². The van der Waals surface area contributed by atoms with E-state index in [1.54, 1.807) is 42.5 Å². The number of nitrogens with one attached hydrogen (secondary N) is 1. The smallest absolute Gasteiger partial charge is 0.273 e. The molecule has 3 rings (SSSR count). The number of hydrogen-bond donors (Lipinski definition) is 3. The summed E-state index contributed by atoms with van der Waals surface area (Å²) in [7, 11) is 4.39. The van der Waals surface area contributed by atoms with Crippen LogP contribution in [0, 0.1) is 5.92 Å². The number of aromatic nitrogens is 1. The number of nitrogen functional groups attached to an aromatic ring is 1. The minimum Gasteiger partial charge on any atom is -0.493 e. The summed E-state index contributed by atoms with van der Waals surface area (Å²) in [5.41, 5.74) is 11.9. The monoisotopic (exact) mass is 555 g/mol. The fraction of sp³-hybridized carbons (Fsp3) is 0.333. The number of hydrogen-bond acceptors (Lipinski definition) is 9. The molecule has 12 heteroatoms. The number of primary amides is 1. The van der Waals surface area contributed by atoms with E-state index in [9.17, 15) is 14.4 Å². The van der Waals surface area contributed by atoms with Crippen LogP contribution in [0.1, 0.15) is 52.0 Å². The lowest BCUT2D eigenvalue weighted by molar-refractivity contribution is -0.122. The summed E-state index contributed by atoms with van der Waals surface area (Å²) in [4.78, 5) is 41.1. The summed E-state index contributed by atoms with van der Waals surface area (Å²) in [6, 6.07) is 10.7. The third-order valence-corrected chi connectivity index (χ3v) is 6.79. The average molecular weight is 556 g/mol. The lowest BCUT2D eigenvalue weighted by Crippen LogP contribution is -2.44. The molecule has 1 aromatic heterocycles. The minimum absolute atomic E-state index is 0.0277. The van der Waals surface area contributed by atoms with Crippen LogP contribution in [0.5, 0.6) is 17.2 Å². The largest absolute Gasteiger partial charge is 0.493 e. The molecule has 1 atom stereocenters. The molecule has 1 heterocycles. The number of nitrogens with zero attached hydrogens (tertiary/aromatic N) is 2. The molecule has 208 valence electrons. The van der Waals surface area contributed by atoms with Crippen molar-refractivity contribution < 1.29 is 28.6 Å². The second-order valence-electron chi connectivity index (χ2n) is 8.98. The molecule has 0 saturated heterocycles. The molecule has 11 nitrogen and oxygen atoms in total. The minimum atomic E-state index is -1.20. The predicted octanol–water partition coefficient (Wildman–Crippen LogP) is 3.40. The van der Waals surface area contributed by atoms with E-state index in [4.69, 9.17) is 25.7 Å². The number of nitrogens with two attached hydrogens (primary N) is 2. The number of rotatable bonds is 12. The van der Waals surface area contributed by atoms with Gasteiger partial charge in [0.2, 0.25) is 11.7 Å². The number of methoxy groups -OCH3 is 3. The molecule has 0 spiro atoms. The van der Waals surface area contributed by atoms with E-state index >= 15 is 0 Å². The Morgan fingerprint density at radius 3 is 2.13 bits per heavy atom. The van der Waals surface area contributed by atoms with Crippen molar-refractivity contribution in [2.24, 2.45) is 11.7 Å². The van der Waals surface area contributed by atoms with Gasteiger partial charge in [0.25, 0.3) is 11.8 Å². The van der Waals surface area contributed by atoms with Crippen LogP contribution in [0.4, 0.5) is 11.4 Å². The average Bonchev–Trinajstić information content (AvgIpc) is 3.32. The Balaban J connectivity index is 2.26. The van der Waals surface area contributed by atoms with Crippen LogP contribution in [0.25, 0.3) is 0 Å². The van der Waals surface area contributed by atoms with Crippen molar-refractivity contribution in [3.63, 3.8) is 0 Å². The summed E-state index contributed by atoms with van der Waals surface area (Å²) in [5.74, 6) is -0.649. The summed E-state index contributed by atoms with van der Waals surface area (Å²) in [6.45, 7) is 4.49. The van der Waals surface area contributed by atoms with Crippen molar-refractivity contribution in [3.05, 3.63) is 58.6 Å². The Kier molecular flexibility index (Phi) is 9.72. The number of carbonyl (C=O) groups is 3. The quantitative estimate of drug-likeness (QED) is 0.307. The predicted molar refractivity (Wildman–Crippen MR) is 150 cm³/mol. The van der Waals surface area contributed by atoms with Gasteiger partial charge in [0.05, 0.1) is 27.0 Å². The van der Waals surface area contributed by atoms with Gasteiger partial charge in [-0.15, -0.1) is 0 Å². The second kappa shape index (κ2) is 13.0. The fourth-order valence-corrected chi connectivity index (χ4v) is 4.71. The standard InChI is InChI=1S/C27H33N5O6S/c1-15(2)11-12-30-26(34)22(16-13-18(36-3)23(38-5)19(14-16)37-4)32(17-9-7-6-8-10-17)27(35)24-20(28)21(25(29)33)31-39-24/h6-10,13-15,22H,11-12,28H2,1-5H3,(H2,29,33)(H,30,34)/t22-/m1/s1. The van der Waals surface area contributed by atoms with Gasteiger partial charge in [-0.25, -0.2) is 0 Å². The van der Waals surface area contributed by atoms with Crippen molar-refractivity contribution in [2.45, 2.75) is 26.3 Å². The molecule has 2 aromatic carbocycles. The van der Waals surface area contributed by atoms with Gasteiger partial charge in [-0.2, -0.15) is 4.37 Å². The van der Waals surface area contributed by atoms with Crippen LogP contribution in [0.15, 0.2) is 42.5 Å². The maximum Gasteiger partial charge on any atom is 0.273 e. The van der Waals surface area contributed by atoms with Gasteiger partial charge in [-0.3, -0.25) is 19.3 Å². The number of anilines is 2. The molecular formula is C27H33N5O6S. The Bertz CT molecular complexity index is 1300. The van der Waals surface area contributed by atoms with Crippen LogP contribution in [0.3, 0.4) is 0 Å². The molecule has 0 radical (unpaired) electrons. The highest BCUT2D eigenvalue weighted by Gasteiger charge is 2.37. The summed E-state index contributed by atoms with van der Waals surface area (Å²) < 4.78 is 20.5. The molecule has 3 amide bonds. The molecule has 5 N–H and O–H groups in total. The van der Waals surface area contributed by atoms with E-state index in [0.717, 1.165) is 18.0 Å². The van der Waals surface area contributed by atoms with Crippen molar-refractivity contribution in [2.75, 3.05) is 38.5 Å². The van der Waals surface area contributed by atoms with E-state index in [1.807, 2.05) is 13.8 Å². The van der Waals surface area contributed by atoms with Crippen molar-refractivity contribution in [1.82, 2.24) is 9.69 Å². The maximum atomic E-state index is 14.1. The van der Waals surface area contributed by atoms with Gasteiger partial charge in [0.1, 0.15) is 10.9 Å². The summed E-state index contributed by atoms with van der Waals surface area (Å²) >= 11 is 0.735. The molecule has 0 fully saturated rings. The van der Waals surface area contributed by atoms with Gasteiger partial charge in [0, 0.05) is 12.2 Å². The molecular weight excluding hydrogens is 522 g/mol. The first-order chi connectivity index (χ1) is 18.6. The lowest BCUT2D eigenvalue weighted by atomic mass is 10.0. The number of carbonyl (C=O) groups excluding carboxylic acids is 3. The van der Waals surface area contributed by atoms with E-state index in [-0.39, 0.29) is 16.3 Å². The Hall–Kier alpha value is -4.32. The van der Waals surface area contributed by atoms with Gasteiger partial charge >= 0.3 is 0 Å². The Morgan fingerprint density at radius 2 is 1.64 bits per heavy atom.